The number of ketones is 1. The minimum atomic E-state index is -0.0977. The number of carbonyl (C=O) groups is 2. The first-order chi connectivity index (χ1) is 6.69. The highest BCUT2D eigenvalue weighted by molar-refractivity contribution is 5.88. The zero-order chi connectivity index (χ0) is 10.6. The molecule has 0 spiro atoms. The van der Waals surface area contributed by atoms with Gasteiger partial charge in [-0.15, -0.1) is 0 Å². The average molecular weight is 196 g/mol. The van der Waals surface area contributed by atoms with Crippen LogP contribution in [-0.4, -0.2) is 36.2 Å². The fourth-order valence-electron chi connectivity index (χ4n) is 1.74. The van der Waals surface area contributed by atoms with Crippen LogP contribution in [0.1, 0.15) is 12.8 Å². The molecule has 0 aromatic heterocycles. The van der Waals surface area contributed by atoms with E-state index in [9.17, 15) is 9.59 Å². The maximum atomic E-state index is 11.3. The molecule has 0 saturated carbocycles. The topological polar surface area (TPSA) is 63.4 Å². The summed E-state index contributed by atoms with van der Waals surface area (Å²) in [7, 11) is 0. The maximum Gasteiger partial charge on any atom is 0.245 e. The van der Waals surface area contributed by atoms with Crippen molar-refractivity contribution in [3.05, 3.63) is 12.7 Å². The minimum Gasteiger partial charge on any atom is -0.338 e. The third-order valence-corrected chi connectivity index (χ3v) is 2.56. The molecular formula is C10H16N2O2. The van der Waals surface area contributed by atoms with Crippen LogP contribution in [0.25, 0.3) is 0 Å². The fraction of sp³-hybridized carbons (Fsp3) is 0.600. The molecule has 1 fully saturated rings. The second-order valence-electron chi connectivity index (χ2n) is 3.50. The zero-order valence-electron chi connectivity index (χ0n) is 8.24. The van der Waals surface area contributed by atoms with E-state index in [4.69, 9.17) is 5.73 Å². The molecule has 1 saturated heterocycles. The number of amides is 1. The van der Waals surface area contributed by atoms with E-state index < -0.39 is 0 Å². The van der Waals surface area contributed by atoms with Gasteiger partial charge in [-0.25, -0.2) is 0 Å². The van der Waals surface area contributed by atoms with Crippen molar-refractivity contribution in [3.63, 3.8) is 0 Å². The van der Waals surface area contributed by atoms with Gasteiger partial charge in [0, 0.05) is 19.0 Å². The first kappa shape index (κ1) is 10.9. The molecule has 4 heteroatoms. The summed E-state index contributed by atoms with van der Waals surface area (Å²) in [5, 5.41) is 0. The number of rotatable bonds is 3. The summed E-state index contributed by atoms with van der Waals surface area (Å²) in [6.45, 7) is 4.72. The molecule has 1 aliphatic heterocycles. The van der Waals surface area contributed by atoms with Crippen LogP contribution in [-0.2, 0) is 9.59 Å². The van der Waals surface area contributed by atoms with E-state index >= 15 is 0 Å². The summed E-state index contributed by atoms with van der Waals surface area (Å²) in [6, 6.07) is 0. The Labute approximate surface area is 83.8 Å². The number of hydrogen-bond donors (Lipinski definition) is 1. The van der Waals surface area contributed by atoms with Crippen molar-refractivity contribution in [1.82, 2.24) is 4.90 Å². The zero-order valence-corrected chi connectivity index (χ0v) is 8.24. The van der Waals surface area contributed by atoms with Crippen LogP contribution in [0.15, 0.2) is 12.7 Å². The van der Waals surface area contributed by atoms with Crippen LogP contribution in [0.3, 0.4) is 0 Å². The van der Waals surface area contributed by atoms with E-state index in [0.29, 0.717) is 6.54 Å². The normalized spacial score (nSPS) is 21.8. The molecule has 1 rings (SSSR count). The molecule has 0 aromatic rings. The van der Waals surface area contributed by atoms with E-state index in [1.807, 2.05) is 0 Å². The highest BCUT2D eigenvalue weighted by atomic mass is 16.2. The number of carbonyl (C=O) groups excluding carboxylic acids is 2. The Morgan fingerprint density at radius 2 is 2.29 bits per heavy atom. The van der Waals surface area contributed by atoms with Crippen LogP contribution < -0.4 is 5.73 Å². The molecule has 0 aliphatic carbocycles. The van der Waals surface area contributed by atoms with E-state index in [1.54, 1.807) is 4.90 Å². The Morgan fingerprint density at radius 3 is 2.86 bits per heavy atom. The Bertz CT molecular complexity index is 251. The molecule has 1 heterocycles. The van der Waals surface area contributed by atoms with Gasteiger partial charge in [0.25, 0.3) is 0 Å². The molecule has 14 heavy (non-hydrogen) atoms. The second-order valence-corrected chi connectivity index (χ2v) is 3.50. The van der Waals surface area contributed by atoms with Crippen molar-refractivity contribution in [2.24, 2.45) is 11.7 Å². The van der Waals surface area contributed by atoms with Gasteiger partial charge in [-0.05, 0) is 18.9 Å². The monoisotopic (exact) mass is 196 g/mol. The molecule has 1 amide bonds. The summed E-state index contributed by atoms with van der Waals surface area (Å²) in [4.78, 5) is 24.3. The Hall–Kier alpha value is -1.16. The average Bonchev–Trinajstić information content (AvgIpc) is 2.27. The summed E-state index contributed by atoms with van der Waals surface area (Å²) in [6.07, 6.45) is 3.00. The van der Waals surface area contributed by atoms with E-state index in [-0.39, 0.29) is 24.2 Å². The number of Topliss-reactive ketones (excluding diaryl/α,β-unsaturated/α-hetero) is 1. The van der Waals surface area contributed by atoms with Gasteiger partial charge in [-0.1, -0.05) is 6.58 Å². The molecular weight excluding hydrogens is 180 g/mol. The van der Waals surface area contributed by atoms with E-state index in [1.165, 1.54) is 6.08 Å². The lowest BCUT2D eigenvalue weighted by Crippen LogP contribution is -2.42. The quantitative estimate of drug-likeness (QED) is 0.643. The SMILES string of the molecule is C=CC(=O)N1CCCC(C(=O)CN)C1. The summed E-state index contributed by atoms with van der Waals surface area (Å²) in [5.41, 5.74) is 5.28. The summed E-state index contributed by atoms with van der Waals surface area (Å²) in [5.74, 6) is -0.122. The summed E-state index contributed by atoms with van der Waals surface area (Å²) >= 11 is 0. The van der Waals surface area contributed by atoms with E-state index in [2.05, 4.69) is 6.58 Å². The highest BCUT2D eigenvalue weighted by Crippen LogP contribution is 2.17. The molecule has 0 radical (unpaired) electrons. The van der Waals surface area contributed by atoms with Crippen molar-refractivity contribution in [2.75, 3.05) is 19.6 Å². The molecule has 1 unspecified atom stereocenters. The first-order valence-electron chi connectivity index (χ1n) is 4.83. The largest absolute Gasteiger partial charge is 0.338 e. The Morgan fingerprint density at radius 1 is 1.57 bits per heavy atom. The lowest BCUT2D eigenvalue weighted by Gasteiger charge is -2.31. The molecule has 4 nitrogen and oxygen atoms in total. The molecule has 0 aromatic carbocycles. The van der Waals surface area contributed by atoms with Crippen LogP contribution in [0.2, 0.25) is 0 Å². The van der Waals surface area contributed by atoms with Crippen molar-refractivity contribution >= 4 is 11.7 Å². The minimum absolute atomic E-state index is 0.0477. The maximum absolute atomic E-state index is 11.3. The van der Waals surface area contributed by atoms with Crippen molar-refractivity contribution in [1.29, 1.82) is 0 Å². The highest BCUT2D eigenvalue weighted by Gasteiger charge is 2.26. The van der Waals surface area contributed by atoms with Crippen molar-refractivity contribution < 1.29 is 9.59 Å². The van der Waals surface area contributed by atoms with Gasteiger partial charge < -0.3 is 10.6 Å². The molecule has 1 atom stereocenters. The Kier molecular flexibility index (Phi) is 3.83. The number of hydrogen-bond acceptors (Lipinski definition) is 3. The second kappa shape index (κ2) is 4.91. The lowest BCUT2D eigenvalue weighted by molar-refractivity contribution is -0.130. The van der Waals surface area contributed by atoms with Crippen LogP contribution in [0.5, 0.6) is 0 Å². The van der Waals surface area contributed by atoms with Gasteiger partial charge in [0.2, 0.25) is 5.91 Å². The van der Waals surface area contributed by atoms with Gasteiger partial charge in [0.05, 0.1) is 6.54 Å². The van der Waals surface area contributed by atoms with Gasteiger partial charge in [0.1, 0.15) is 0 Å². The number of nitrogens with zero attached hydrogens (tertiary/aromatic N) is 1. The van der Waals surface area contributed by atoms with Crippen molar-refractivity contribution in [2.45, 2.75) is 12.8 Å². The third kappa shape index (κ3) is 2.42. The van der Waals surface area contributed by atoms with Gasteiger partial charge in [-0.2, -0.15) is 0 Å². The smallest absolute Gasteiger partial charge is 0.245 e. The van der Waals surface area contributed by atoms with Gasteiger partial charge in [0.15, 0.2) is 5.78 Å². The van der Waals surface area contributed by atoms with Crippen LogP contribution in [0, 0.1) is 5.92 Å². The summed E-state index contributed by atoms with van der Waals surface area (Å²) < 4.78 is 0. The molecule has 0 bridgehead atoms. The van der Waals surface area contributed by atoms with Crippen LogP contribution in [0.4, 0.5) is 0 Å². The first-order valence-corrected chi connectivity index (χ1v) is 4.83. The predicted molar refractivity (Wildman–Crippen MR) is 53.6 cm³/mol. The van der Waals surface area contributed by atoms with Crippen molar-refractivity contribution in [3.8, 4) is 0 Å². The molecule has 2 N–H and O–H groups in total. The van der Waals surface area contributed by atoms with E-state index in [0.717, 1.165) is 19.4 Å². The van der Waals surface area contributed by atoms with Gasteiger partial charge in [-0.3, -0.25) is 9.59 Å². The van der Waals surface area contributed by atoms with Gasteiger partial charge >= 0.3 is 0 Å². The fourth-order valence-corrected chi connectivity index (χ4v) is 1.74. The third-order valence-electron chi connectivity index (χ3n) is 2.56. The predicted octanol–water partition coefficient (Wildman–Crippen LogP) is -0.0612. The van der Waals surface area contributed by atoms with Crippen LogP contribution >= 0.6 is 0 Å². The lowest BCUT2D eigenvalue weighted by atomic mass is 9.94. The Balaban J connectivity index is 2.55. The number of likely N-dealkylation sites (tertiary alicyclic amines) is 1. The standard InChI is InChI=1S/C10H16N2O2/c1-2-10(14)12-5-3-4-8(7-12)9(13)6-11/h2,8H,1,3-7,11H2. The number of piperidine rings is 1. The molecule has 1 aliphatic rings. The number of nitrogens with two attached hydrogens (primary N) is 1. The molecule has 78 valence electrons.